The summed E-state index contributed by atoms with van der Waals surface area (Å²) in [5, 5.41) is 0.660. The van der Waals surface area contributed by atoms with E-state index in [1.165, 1.54) is 0 Å². The normalized spacial score (nSPS) is 27.2. The first-order valence-electron chi connectivity index (χ1n) is 5.86. The van der Waals surface area contributed by atoms with Gasteiger partial charge in [0.15, 0.2) is 0 Å². The van der Waals surface area contributed by atoms with Crippen LogP contribution in [0, 0.1) is 11.8 Å². The Bertz CT molecular complexity index is 420. The predicted molar refractivity (Wildman–Crippen MR) is 65.2 cm³/mol. The minimum atomic E-state index is 0.107. The van der Waals surface area contributed by atoms with Crippen LogP contribution < -0.4 is 0 Å². The summed E-state index contributed by atoms with van der Waals surface area (Å²) in [5.74, 6) is 1.17. The standard InChI is InChI=1S/C13H14ClNO2/c14-12-3-1-9(2-4-12)13(16)15-5-10-7-17-8-11(10)6-15/h1-4,10-11H,5-8H2/t10-,11+. The Hall–Kier alpha value is -1.06. The molecule has 17 heavy (non-hydrogen) atoms. The first kappa shape index (κ1) is 11.1. The number of carbonyl (C=O) groups is 1. The zero-order valence-electron chi connectivity index (χ0n) is 9.43. The van der Waals surface area contributed by atoms with E-state index in [2.05, 4.69) is 0 Å². The topological polar surface area (TPSA) is 29.5 Å². The van der Waals surface area contributed by atoms with Gasteiger partial charge in [0.1, 0.15) is 0 Å². The van der Waals surface area contributed by atoms with Crippen LogP contribution in [0.3, 0.4) is 0 Å². The Balaban J connectivity index is 1.73. The molecule has 1 amide bonds. The van der Waals surface area contributed by atoms with E-state index in [1.54, 1.807) is 24.3 Å². The molecule has 0 N–H and O–H groups in total. The molecule has 2 fully saturated rings. The Morgan fingerprint density at radius 2 is 1.76 bits per heavy atom. The fourth-order valence-corrected chi connectivity index (χ4v) is 2.75. The lowest BCUT2D eigenvalue weighted by molar-refractivity contribution is 0.0751. The highest BCUT2D eigenvalue weighted by molar-refractivity contribution is 6.30. The van der Waals surface area contributed by atoms with Crippen molar-refractivity contribution >= 4 is 17.5 Å². The van der Waals surface area contributed by atoms with Crippen LogP contribution in [-0.2, 0) is 4.74 Å². The molecule has 2 aliphatic rings. The van der Waals surface area contributed by atoms with Gasteiger partial charge in [-0.25, -0.2) is 0 Å². The maximum Gasteiger partial charge on any atom is 0.253 e. The van der Waals surface area contributed by atoms with Gasteiger partial charge in [-0.3, -0.25) is 4.79 Å². The smallest absolute Gasteiger partial charge is 0.253 e. The maximum absolute atomic E-state index is 12.2. The maximum atomic E-state index is 12.2. The SMILES string of the molecule is O=C(c1ccc(Cl)cc1)N1C[C@H]2COC[C@H]2C1. The molecule has 2 atom stereocenters. The van der Waals surface area contributed by atoms with Crippen molar-refractivity contribution in [1.82, 2.24) is 4.90 Å². The number of nitrogens with zero attached hydrogens (tertiary/aromatic N) is 1. The van der Waals surface area contributed by atoms with E-state index in [4.69, 9.17) is 16.3 Å². The largest absolute Gasteiger partial charge is 0.381 e. The van der Waals surface area contributed by atoms with Crippen LogP contribution in [0.4, 0.5) is 0 Å². The summed E-state index contributed by atoms with van der Waals surface area (Å²) in [6.07, 6.45) is 0. The molecule has 2 saturated heterocycles. The average molecular weight is 252 g/mol. The van der Waals surface area contributed by atoms with Crippen LogP contribution in [0.1, 0.15) is 10.4 Å². The van der Waals surface area contributed by atoms with Gasteiger partial charge in [0.2, 0.25) is 0 Å². The third-order valence-electron chi connectivity index (χ3n) is 3.62. The molecule has 2 heterocycles. The van der Waals surface area contributed by atoms with Crippen molar-refractivity contribution in [3.8, 4) is 0 Å². The number of halogens is 1. The molecule has 0 aliphatic carbocycles. The van der Waals surface area contributed by atoms with E-state index in [0.29, 0.717) is 16.9 Å². The van der Waals surface area contributed by atoms with Gasteiger partial charge >= 0.3 is 0 Å². The second-order valence-electron chi connectivity index (χ2n) is 4.77. The molecule has 0 radical (unpaired) electrons. The Morgan fingerprint density at radius 1 is 1.18 bits per heavy atom. The van der Waals surface area contributed by atoms with Crippen LogP contribution in [0.2, 0.25) is 5.02 Å². The van der Waals surface area contributed by atoms with Crippen molar-refractivity contribution in [3.05, 3.63) is 34.9 Å². The van der Waals surface area contributed by atoms with Gasteiger partial charge in [-0.2, -0.15) is 0 Å². The fraction of sp³-hybridized carbons (Fsp3) is 0.462. The summed E-state index contributed by atoms with van der Waals surface area (Å²) >= 11 is 5.81. The lowest BCUT2D eigenvalue weighted by Gasteiger charge is -2.17. The van der Waals surface area contributed by atoms with E-state index in [9.17, 15) is 4.79 Å². The number of benzene rings is 1. The van der Waals surface area contributed by atoms with Crippen molar-refractivity contribution in [3.63, 3.8) is 0 Å². The van der Waals surface area contributed by atoms with Crippen molar-refractivity contribution in [2.45, 2.75) is 0 Å². The van der Waals surface area contributed by atoms with Crippen LogP contribution in [0.25, 0.3) is 0 Å². The summed E-state index contributed by atoms with van der Waals surface area (Å²) in [6, 6.07) is 7.09. The number of amides is 1. The number of rotatable bonds is 1. The summed E-state index contributed by atoms with van der Waals surface area (Å²) < 4.78 is 5.41. The zero-order valence-corrected chi connectivity index (χ0v) is 10.2. The summed E-state index contributed by atoms with van der Waals surface area (Å²) in [7, 11) is 0. The molecule has 1 aromatic carbocycles. The molecule has 3 nitrogen and oxygen atoms in total. The molecule has 3 rings (SSSR count). The molecule has 0 saturated carbocycles. The molecule has 0 aromatic heterocycles. The van der Waals surface area contributed by atoms with Gasteiger partial charge in [0.05, 0.1) is 13.2 Å². The van der Waals surface area contributed by atoms with Crippen LogP contribution in [0.15, 0.2) is 24.3 Å². The van der Waals surface area contributed by atoms with Gasteiger partial charge in [-0.15, -0.1) is 0 Å². The van der Waals surface area contributed by atoms with Crippen LogP contribution in [0.5, 0.6) is 0 Å². The van der Waals surface area contributed by atoms with E-state index in [0.717, 1.165) is 31.9 Å². The fourth-order valence-electron chi connectivity index (χ4n) is 2.63. The number of likely N-dealkylation sites (tertiary alicyclic amines) is 1. The molecule has 0 unspecified atom stereocenters. The van der Waals surface area contributed by atoms with Crippen molar-refractivity contribution in [2.75, 3.05) is 26.3 Å². The van der Waals surface area contributed by atoms with Crippen molar-refractivity contribution < 1.29 is 9.53 Å². The Labute approximate surface area is 105 Å². The second-order valence-corrected chi connectivity index (χ2v) is 5.21. The quantitative estimate of drug-likeness (QED) is 0.765. The lowest BCUT2D eigenvalue weighted by Crippen LogP contribution is -2.30. The number of ether oxygens (including phenoxy) is 1. The van der Waals surface area contributed by atoms with Gasteiger partial charge in [0, 0.05) is 35.5 Å². The van der Waals surface area contributed by atoms with Gasteiger partial charge in [0.25, 0.3) is 5.91 Å². The Morgan fingerprint density at radius 3 is 2.35 bits per heavy atom. The minimum Gasteiger partial charge on any atom is -0.381 e. The van der Waals surface area contributed by atoms with Crippen molar-refractivity contribution in [1.29, 1.82) is 0 Å². The van der Waals surface area contributed by atoms with Crippen molar-refractivity contribution in [2.24, 2.45) is 11.8 Å². The third-order valence-corrected chi connectivity index (χ3v) is 3.87. The number of hydrogen-bond acceptors (Lipinski definition) is 2. The molecular formula is C13H14ClNO2. The van der Waals surface area contributed by atoms with E-state index in [-0.39, 0.29) is 5.91 Å². The van der Waals surface area contributed by atoms with Gasteiger partial charge < -0.3 is 9.64 Å². The third kappa shape index (κ3) is 2.05. The Kier molecular flexibility index (Phi) is 2.81. The summed E-state index contributed by atoms with van der Waals surface area (Å²) in [5.41, 5.74) is 0.718. The molecular weight excluding hydrogens is 238 g/mol. The predicted octanol–water partition coefficient (Wildman–Crippen LogP) is 2.06. The molecule has 0 bridgehead atoms. The second kappa shape index (κ2) is 4.31. The minimum absolute atomic E-state index is 0.107. The van der Waals surface area contributed by atoms with Crippen LogP contribution >= 0.6 is 11.6 Å². The summed E-state index contributed by atoms with van der Waals surface area (Å²) in [4.78, 5) is 14.2. The molecule has 2 aliphatic heterocycles. The number of carbonyl (C=O) groups excluding carboxylic acids is 1. The highest BCUT2D eigenvalue weighted by Crippen LogP contribution is 2.30. The van der Waals surface area contributed by atoms with E-state index in [1.807, 2.05) is 4.90 Å². The average Bonchev–Trinajstić information content (AvgIpc) is 2.89. The number of hydrogen-bond donors (Lipinski definition) is 0. The number of fused-ring (bicyclic) bond motifs is 1. The molecule has 0 spiro atoms. The molecule has 1 aromatic rings. The molecule has 90 valence electrons. The van der Waals surface area contributed by atoms with E-state index >= 15 is 0 Å². The van der Waals surface area contributed by atoms with Crippen LogP contribution in [-0.4, -0.2) is 37.1 Å². The van der Waals surface area contributed by atoms with E-state index < -0.39 is 0 Å². The monoisotopic (exact) mass is 251 g/mol. The molecule has 4 heteroatoms. The zero-order chi connectivity index (χ0) is 11.8. The highest BCUT2D eigenvalue weighted by Gasteiger charge is 2.39. The van der Waals surface area contributed by atoms with Gasteiger partial charge in [-0.05, 0) is 24.3 Å². The first-order valence-corrected chi connectivity index (χ1v) is 6.24. The summed E-state index contributed by atoms with van der Waals surface area (Å²) in [6.45, 7) is 3.25. The lowest BCUT2D eigenvalue weighted by atomic mass is 10.0. The highest BCUT2D eigenvalue weighted by atomic mass is 35.5. The first-order chi connectivity index (χ1) is 8.24. The van der Waals surface area contributed by atoms with Gasteiger partial charge in [-0.1, -0.05) is 11.6 Å².